The van der Waals surface area contributed by atoms with Crippen LogP contribution in [0.2, 0.25) is 0 Å². The smallest absolute Gasteiger partial charge is 1.00 e. The maximum atomic E-state index is 14.6. The molecule has 184 valence electrons. The van der Waals surface area contributed by atoms with Crippen LogP contribution in [0.4, 0.5) is 8.78 Å². The number of phosphoric acid groups is 1. The number of imidazole rings is 1. The molecule has 1 aromatic heterocycles. The zero-order chi connectivity index (χ0) is 24.8. The van der Waals surface area contributed by atoms with E-state index in [1.165, 1.54) is 21.6 Å². The molecule has 0 fully saturated rings. The number of hydrogen-bond donors (Lipinski definition) is 2. The molecule has 0 unspecified atom stereocenters. The minimum atomic E-state index is -4.78. The van der Waals surface area contributed by atoms with Crippen molar-refractivity contribution < 1.29 is 72.9 Å². The number of carbonyl (C=O) groups is 1. The molecule has 1 aliphatic rings. The van der Waals surface area contributed by atoms with Crippen molar-refractivity contribution in [2.75, 3.05) is 20.7 Å². The van der Waals surface area contributed by atoms with Gasteiger partial charge in [-0.1, -0.05) is 0 Å². The second-order valence-corrected chi connectivity index (χ2v) is 9.16. The predicted octanol–water partition coefficient (Wildman–Crippen LogP) is 0.411. The van der Waals surface area contributed by atoms with Crippen LogP contribution in [0, 0.1) is 18.6 Å². The van der Waals surface area contributed by atoms with Crippen LogP contribution in [0.15, 0.2) is 24.3 Å². The van der Waals surface area contributed by atoms with Crippen molar-refractivity contribution in [3.05, 3.63) is 52.9 Å². The van der Waals surface area contributed by atoms with Crippen LogP contribution < -0.4 is 39.0 Å². The Hall–Kier alpha value is -2.05. The van der Waals surface area contributed by atoms with Gasteiger partial charge in [-0.2, -0.15) is 0 Å². The van der Waals surface area contributed by atoms with Crippen LogP contribution >= 0.6 is 7.82 Å². The third kappa shape index (κ3) is 5.86. The zero-order valence-electron chi connectivity index (χ0n) is 20.5. The van der Waals surface area contributed by atoms with E-state index in [2.05, 4.69) is 9.51 Å². The van der Waals surface area contributed by atoms with Crippen LogP contribution in [0.3, 0.4) is 0 Å². The second-order valence-electron chi connectivity index (χ2n) is 7.92. The molecule has 0 saturated carbocycles. The van der Waals surface area contributed by atoms with E-state index >= 15 is 0 Å². The first-order chi connectivity index (χ1) is 15.9. The van der Waals surface area contributed by atoms with Gasteiger partial charge in [-0.25, -0.2) is 18.3 Å². The summed E-state index contributed by atoms with van der Waals surface area (Å²) in [6, 6.07) is 4.78. The molecule has 4 rings (SSSR count). The molecule has 1 amide bonds. The molecule has 35 heavy (non-hydrogen) atoms. The third-order valence-corrected chi connectivity index (χ3v) is 5.75. The summed E-state index contributed by atoms with van der Waals surface area (Å²) in [6.45, 7) is 1.22. The summed E-state index contributed by atoms with van der Waals surface area (Å²) >= 11 is 0. The summed E-state index contributed by atoms with van der Waals surface area (Å²) in [5.74, 6) is -1.47. The van der Waals surface area contributed by atoms with E-state index in [1.807, 2.05) is 0 Å². The van der Waals surface area contributed by atoms with Gasteiger partial charge in [0.2, 0.25) is 0 Å². The minimum absolute atomic E-state index is 0. The number of ether oxygens (including phenoxy) is 2. The Morgan fingerprint density at radius 2 is 2.03 bits per heavy atom. The van der Waals surface area contributed by atoms with Gasteiger partial charge in [-0.05, 0) is 19.1 Å². The maximum absolute atomic E-state index is 14.6. The Morgan fingerprint density at radius 3 is 2.69 bits per heavy atom. The van der Waals surface area contributed by atoms with E-state index in [-0.39, 0.29) is 78.1 Å². The fourth-order valence-corrected chi connectivity index (χ4v) is 4.03. The number of aryl methyl sites for hydroxylation is 1. The average molecular weight is 521 g/mol. The molecule has 2 N–H and O–H groups in total. The molecule has 2 heterocycles. The third-order valence-electron chi connectivity index (χ3n) is 5.30. The van der Waals surface area contributed by atoms with Gasteiger partial charge in [0.25, 0.3) is 5.91 Å². The van der Waals surface area contributed by atoms with Gasteiger partial charge >= 0.3 is 37.4 Å². The minimum Gasteiger partial charge on any atom is -1.00 e. The summed E-state index contributed by atoms with van der Waals surface area (Å²) in [6.07, 6.45) is -0.599. The van der Waals surface area contributed by atoms with Crippen LogP contribution in [0.1, 0.15) is 35.7 Å². The molecule has 0 bridgehead atoms. The van der Waals surface area contributed by atoms with Crippen molar-refractivity contribution in [2.24, 2.45) is 0 Å². The number of rotatable bonds is 6. The number of amides is 1. The van der Waals surface area contributed by atoms with Gasteiger partial charge in [-0.15, -0.1) is 0 Å². The molecule has 10 nitrogen and oxygen atoms in total. The number of nitrogens with zero attached hydrogens (tertiary/aromatic N) is 3. The first kappa shape index (κ1) is 27.5. The molecule has 3 aromatic rings. The number of hydrogen-bond acceptors (Lipinski definition) is 6. The van der Waals surface area contributed by atoms with Crippen molar-refractivity contribution in [2.45, 2.75) is 26.2 Å². The molecule has 1 atom stereocenters. The fraction of sp³-hybridized carbons (Fsp3) is 0.333. The summed E-state index contributed by atoms with van der Waals surface area (Å²) < 4.78 is 57.0. The first-order valence-corrected chi connectivity index (χ1v) is 11.7. The SMILES string of the molecule is Cc1nc2c(O[C@H]3CCOc4cc(F)cc(F)c43)cc(C(=O)N(C)C)cc2n1COP(=O)(O)O.[H-].[Na+]. The van der Waals surface area contributed by atoms with Crippen molar-refractivity contribution in [1.29, 1.82) is 0 Å². The van der Waals surface area contributed by atoms with Crippen LogP contribution in [0.25, 0.3) is 11.0 Å². The average Bonchev–Trinajstić information content (AvgIpc) is 3.06. The number of benzene rings is 2. The maximum Gasteiger partial charge on any atom is 1.00 e. The van der Waals surface area contributed by atoms with Crippen molar-refractivity contribution in [1.82, 2.24) is 14.5 Å². The Kier molecular flexibility index (Phi) is 8.27. The van der Waals surface area contributed by atoms with Crippen molar-refractivity contribution in [3.8, 4) is 11.5 Å². The molecule has 14 heteroatoms. The normalized spacial score (nSPS) is 15.2. The van der Waals surface area contributed by atoms with E-state index in [1.54, 1.807) is 21.0 Å². The summed E-state index contributed by atoms with van der Waals surface area (Å²) in [5, 5.41) is 0. The second kappa shape index (κ2) is 10.5. The number of halogens is 2. The van der Waals surface area contributed by atoms with Gasteiger partial charge in [0.15, 0.2) is 0 Å². The zero-order valence-corrected chi connectivity index (χ0v) is 22.4. The number of aromatic nitrogens is 2. The van der Waals surface area contributed by atoms with Gasteiger partial charge in [-0.3, -0.25) is 9.32 Å². The first-order valence-electron chi connectivity index (χ1n) is 10.2. The van der Waals surface area contributed by atoms with Gasteiger partial charge < -0.3 is 30.2 Å². The Labute approximate surface area is 222 Å². The quantitative estimate of drug-likeness (QED) is 0.353. The topological polar surface area (TPSA) is 123 Å². The summed E-state index contributed by atoms with van der Waals surface area (Å²) in [7, 11) is -1.66. The summed E-state index contributed by atoms with van der Waals surface area (Å²) in [5.41, 5.74) is 0.848. The molecular formula is C21H23F2N3NaO7P. The van der Waals surface area contributed by atoms with E-state index in [0.29, 0.717) is 11.3 Å². The molecule has 0 radical (unpaired) electrons. The van der Waals surface area contributed by atoms with Crippen LogP contribution in [-0.4, -0.2) is 50.8 Å². The van der Waals surface area contributed by atoms with Gasteiger partial charge in [0.05, 0.1) is 17.7 Å². The number of fused-ring (bicyclic) bond motifs is 2. The van der Waals surface area contributed by atoms with E-state index < -0.39 is 32.3 Å². The monoisotopic (exact) mass is 521 g/mol. The molecule has 0 saturated heterocycles. The van der Waals surface area contributed by atoms with E-state index in [0.717, 1.165) is 12.1 Å². The van der Waals surface area contributed by atoms with Crippen LogP contribution in [-0.2, 0) is 15.8 Å². The van der Waals surface area contributed by atoms with Gasteiger partial charge in [0, 0.05) is 38.2 Å². The van der Waals surface area contributed by atoms with Crippen molar-refractivity contribution >= 4 is 24.8 Å². The Bertz CT molecular complexity index is 1330. The Balaban J connectivity index is 0.00000228. The van der Waals surface area contributed by atoms with Gasteiger partial charge in [0.1, 0.15) is 47.3 Å². The predicted molar refractivity (Wildman–Crippen MR) is 117 cm³/mol. The van der Waals surface area contributed by atoms with Crippen LogP contribution in [0.5, 0.6) is 11.5 Å². The number of phosphoric ester groups is 1. The van der Waals surface area contributed by atoms with Crippen molar-refractivity contribution in [3.63, 3.8) is 0 Å². The molecule has 2 aromatic carbocycles. The fourth-order valence-electron chi connectivity index (χ4n) is 3.76. The van der Waals surface area contributed by atoms with E-state index in [9.17, 15) is 18.1 Å². The largest absolute Gasteiger partial charge is 1.00 e. The Morgan fingerprint density at radius 1 is 1.31 bits per heavy atom. The molecule has 0 aliphatic carbocycles. The standard InChI is InChI=1S/C21H22F2N3O7P.Na.H/c1-11-24-20-15(26(11)10-32-34(28,29)30)6-12(21(27)25(2)3)7-18(20)33-16-4-5-31-17-9-13(22)8-14(23)19(16)17;;/h6-9,16H,4-5,10H2,1-3H3,(H2,28,29,30);;/q;+1;-1/t16-;;/m0../s1. The summed E-state index contributed by atoms with van der Waals surface area (Å²) in [4.78, 5) is 36.7. The molecule has 1 aliphatic heterocycles. The van der Waals surface area contributed by atoms with E-state index in [4.69, 9.17) is 19.3 Å². The molecular weight excluding hydrogens is 498 g/mol. The number of carbonyl (C=O) groups excluding carboxylic acids is 1. The molecule has 0 spiro atoms.